The van der Waals surface area contributed by atoms with Crippen molar-refractivity contribution in [2.75, 3.05) is 19.0 Å². The second kappa shape index (κ2) is 11.9. The normalized spacial score (nSPS) is 10.7. The van der Waals surface area contributed by atoms with Crippen molar-refractivity contribution in [3.05, 3.63) is 94.8 Å². The number of halogens is 1. The molecule has 0 saturated carbocycles. The van der Waals surface area contributed by atoms with Gasteiger partial charge in [0.25, 0.3) is 5.91 Å². The second-order valence-corrected chi connectivity index (χ2v) is 7.23. The van der Waals surface area contributed by atoms with Crippen LogP contribution in [0.25, 0.3) is 6.08 Å². The van der Waals surface area contributed by atoms with Crippen molar-refractivity contribution in [2.24, 2.45) is 0 Å². The predicted molar refractivity (Wildman–Crippen MR) is 129 cm³/mol. The Morgan fingerprint density at radius 2 is 1.72 bits per heavy atom. The first kappa shape index (κ1) is 25.6. The van der Waals surface area contributed by atoms with Gasteiger partial charge >= 0.3 is 11.9 Å². The number of ether oxygens (including phenoxy) is 3. The van der Waals surface area contributed by atoms with Gasteiger partial charge in [-0.1, -0.05) is 12.1 Å². The summed E-state index contributed by atoms with van der Waals surface area (Å²) in [4.78, 5) is 36.7. The number of nitrogens with one attached hydrogen (secondary N) is 1. The molecule has 1 amide bonds. The third-order valence-corrected chi connectivity index (χ3v) is 4.78. The molecular formula is C27H21FN2O6. The molecule has 0 fully saturated rings. The molecule has 0 spiro atoms. The van der Waals surface area contributed by atoms with Gasteiger partial charge < -0.3 is 19.5 Å². The van der Waals surface area contributed by atoms with Gasteiger partial charge in [-0.2, -0.15) is 5.26 Å². The Kier molecular flexibility index (Phi) is 8.51. The van der Waals surface area contributed by atoms with E-state index in [4.69, 9.17) is 14.2 Å². The molecule has 3 aromatic carbocycles. The predicted octanol–water partition coefficient (Wildman–Crippen LogP) is 4.78. The molecule has 1 N–H and O–H groups in total. The van der Waals surface area contributed by atoms with E-state index in [9.17, 15) is 24.0 Å². The highest BCUT2D eigenvalue weighted by atomic mass is 19.1. The van der Waals surface area contributed by atoms with Crippen molar-refractivity contribution in [2.45, 2.75) is 6.92 Å². The van der Waals surface area contributed by atoms with Crippen molar-refractivity contribution >= 4 is 29.6 Å². The van der Waals surface area contributed by atoms with Crippen molar-refractivity contribution in [3.8, 4) is 17.6 Å². The van der Waals surface area contributed by atoms with E-state index in [2.05, 4.69) is 5.32 Å². The molecule has 9 heteroatoms. The Bertz CT molecular complexity index is 1360. The minimum atomic E-state index is -0.776. The lowest BCUT2D eigenvalue weighted by Gasteiger charge is -2.10. The fourth-order valence-electron chi connectivity index (χ4n) is 3.05. The van der Waals surface area contributed by atoms with E-state index in [1.165, 1.54) is 73.8 Å². The third-order valence-electron chi connectivity index (χ3n) is 4.78. The Balaban J connectivity index is 1.74. The topological polar surface area (TPSA) is 115 Å². The zero-order chi connectivity index (χ0) is 26.1. The number of hydrogen-bond acceptors (Lipinski definition) is 7. The molecule has 0 aliphatic heterocycles. The average molecular weight is 488 g/mol. The summed E-state index contributed by atoms with van der Waals surface area (Å²) in [7, 11) is 1.36. The summed E-state index contributed by atoms with van der Waals surface area (Å²) in [6, 6.07) is 17.4. The van der Waals surface area contributed by atoms with E-state index < -0.39 is 23.7 Å². The molecule has 3 rings (SSSR count). The number of carbonyl (C=O) groups is 3. The Morgan fingerprint density at radius 3 is 2.36 bits per heavy atom. The van der Waals surface area contributed by atoms with Gasteiger partial charge in [0, 0.05) is 5.69 Å². The van der Waals surface area contributed by atoms with Gasteiger partial charge in [-0.3, -0.25) is 4.79 Å². The summed E-state index contributed by atoms with van der Waals surface area (Å²) in [5.41, 5.74) is 0.972. The molecule has 0 heterocycles. The number of benzene rings is 3. The van der Waals surface area contributed by atoms with Crippen LogP contribution in [-0.4, -0.2) is 31.6 Å². The zero-order valence-electron chi connectivity index (χ0n) is 19.4. The molecule has 8 nitrogen and oxygen atoms in total. The van der Waals surface area contributed by atoms with Gasteiger partial charge in [-0.05, 0) is 73.2 Å². The summed E-state index contributed by atoms with van der Waals surface area (Å²) in [6.45, 7) is 1.94. The molecular weight excluding hydrogens is 467 g/mol. The molecule has 0 radical (unpaired) electrons. The van der Waals surface area contributed by atoms with Crippen LogP contribution in [-0.2, 0) is 9.53 Å². The minimum Gasteiger partial charge on any atom is -0.493 e. The largest absolute Gasteiger partial charge is 0.493 e. The molecule has 0 saturated heterocycles. The molecule has 0 bridgehead atoms. The molecule has 36 heavy (non-hydrogen) atoms. The first-order valence-corrected chi connectivity index (χ1v) is 10.7. The van der Waals surface area contributed by atoms with E-state index in [0.29, 0.717) is 16.8 Å². The number of amides is 1. The minimum absolute atomic E-state index is 0.0275. The molecule has 0 unspecified atom stereocenters. The van der Waals surface area contributed by atoms with Crippen LogP contribution in [0.1, 0.15) is 33.2 Å². The molecule has 0 aliphatic carbocycles. The van der Waals surface area contributed by atoms with Crippen LogP contribution in [0.15, 0.2) is 72.3 Å². The second-order valence-electron chi connectivity index (χ2n) is 7.23. The highest BCUT2D eigenvalue weighted by Crippen LogP contribution is 2.30. The van der Waals surface area contributed by atoms with Crippen molar-refractivity contribution in [3.63, 3.8) is 0 Å². The zero-order valence-corrected chi connectivity index (χ0v) is 19.4. The number of nitriles is 1. The van der Waals surface area contributed by atoms with Gasteiger partial charge in [0.15, 0.2) is 11.5 Å². The number of esters is 2. The monoisotopic (exact) mass is 488 g/mol. The lowest BCUT2D eigenvalue weighted by molar-refractivity contribution is -0.112. The average Bonchev–Trinajstić information content (AvgIpc) is 2.88. The fraction of sp³-hybridized carbons (Fsp3) is 0.111. The standard InChI is InChI=1S/C27H21FN2O6/c1-3-35-26(32)18-8-10-22(11-9-18)30-25(31)20(16-29)13-17-7-12-23(24(14-17)34-2)36-27(33)19-5-4-6-21(28)15-19/h4-15H,3H2,1-2H3,(H,30,31)/b20-13+. The van der Waals surface area contributed by atoms with E-state index in [1.807, 2.05) is 6.07 Å². The quantitative estimate of drug-likeness (QED) is 0.210. The molecule has 0 atom stereocenters. The summed E-state index contributed by atoms with van der Waals surface area (Å²) < 4.78 is 28.9. The third kappa shape index (κ3) is 6.55. The molecule has 3 aromatic rings. The Labute approximate surface area is 206 Å². The summed E-state index contributed by atoms with van der Waals surface area (Å²) in [6.07, 6.45) is 1.34. The van der Waals surface area contributed by atoms with E-state index in [0.717, 1.165) is 6.07 Å². The van der Waals surface area contributed by atoms with Gasteiger partial charge in [0.2, 0.25) is 0 Å². The lowest BCUT2D eigenvalue weighted by atomic mass is 10.1. The van der Waals surface area contributed by atoms with Crippen LogP contribution in [0.4, 0.5) is 10.1 Å². The van der Waals surface area contributed by atoms with Crippen LogP contribution in [0, 0.1) is 17.1 Å². The van der Waals surface area contributed by atoms with Crippen LogP contribution < -0.4 is 14.8 Å². The SMILES string of the molecule is CCOC(=O)c1ccc(NC(=O)/C(C#N)=C/c2ccc(OC(=O)c3cccc(F)c3)c(OC)c2)cc1. The first-order chi connectivity index (χ1) is 17.3. The van der Waals surface area contributed by atoms with Crippen LogP contribution >= 0.6 is 0 Å². The molecule has 182 valence electrons. The van der Waals surface area contributed by atoms with Gasteiger partial charge in [-0.25, -0.2) is 14.0 Å². The highest BCUT2D eigenvalue weighted by Gasteiger charge is 2.15. The van der Waals surface area contributed by atoms with Crippen molar-refractivity contribution in [1.82, 2.24) is 0 Å². The Morgan fingerprint density at radius 1 is 0.972 bits per heavy atom. The van der Waals surface area contributed by atoms with Crippen LogP contribution in [0.3, 0.4) is 0 Å². The molecule has 0 aliphatic rings. The van der Waals surface area contributed by atoms with E-state index in [1.54, 1.807) is 6.92 Å². The van der Waals surface area contributed by atoms with E-state index in [-0.39, 0.29) is 29.2 Å². The van der Waals surface area contributed by atoms with Crippen LogP contribution in [0.5, 0.6) is 11.5 Å². The maximum atomic E-state index is 13.4. The number of anilines is 1. The maximum Gasteiger partial charge on any atom is 0.343 e. The van der Waals surface area contributed by atoms with Crippen LogP contribution in [0.2, 0.25) is 0 Å². The van der Waals surface area contributed by atoms with Crippen molar-refractivity contribution in [1.29, 1.82) is 5.26 Å². The first-order valence-electron chi connectivity index (χ1n) is 10.7. The van der Waals surface area contributed by atoms with Gasteiger partial charge in [-0.15, -0.1) is 0 Å². The number of rotatable bonds is 8. The van der Waals surface area contributed by atoms with Crippen molar-refractivity contribution < 1.29 is 33.0 Å². The van der Waals surface area contributed by atoms with E-state index >= 15 is 0 Å². The van der Waals surface area contributed by atoms with Gasteiger partial charge in [0.1, 0.15) is 17.5 Å². The maximum absolute atomic E-state index is 13.4. The summed E-state index contributed by atoms with van der Waals surface area (Å²) in [5.74, 6) is -2.25. The lowest BCUT2D eigenvalue weighted by Crippen LogP contribution is -2.13. The Hall–Kier alpha value is -4.97. The molecule has 0 aromatic heterocycles. The number of carbonyl (C=O) groups excluding carboxylic acids is 3. The number of methoxy groups -OCH3 is 1. The highest BCUT2D eigenvalue weighted by molar-refractivity contribution is 6.09. The summed E-state index contributed by atoms with van der Waals surface area (Å²) in [5, 5.41) is 12.1. The fourth-order valence-corrected chi connectivity index (χ4v) is 3.05. The summed E-state index contributed by atoms with van der Waals surface area (Å²) >= 11 is 0. The van der Waals surface area contributed by atoms with Gasteiger partial charge in [0.05, 0.1) is 24.8 Å². The number of nitrogens with zero attached hydrogens (tertiary/aromatic N) is 1. The number of hydrogen-bond donors (Lipinski definition) is 1. The smallest absolute Gasteiger partial charge is 0.343 e.